The van der Waals surface area contributed by atoms with Crippen LogP contribution in [0, 0.1) is 0 Å². The Morgan fingerprint density at radius 2 is 1.15 bits per heavy atom. The maximum atomic E-state index is 11.4. The van der Waals surface area contributed by atoms with Gasteiger partial charge in [-0.25, -0.2) is 0 Å². The van der Waals surface area contributed by atoms with E-state index in [0.29, 0.717) is 6.42 Å². The number of carbonyl (C=O) groups is 1. The molecule has 0 saturated heterocycles. The second-order valence-corrected chi connectivity index (χ2v) is 7.22. The Kier molecular flexibility index (Phi) is 27.1. The molecule has 26 heavy (non-hydrogen) atoms. The minimum atomic E-state index is -0.954. The van der Waals surface area contributed by atoms with Crippen LogP contribution < -0.4 is 0 Å². The molecule has 0 bridgehead atoms. The Balaban J connectivity index is 0. The predicted molar refractivity (Wildman–Crippen MR) is 111 cm³/mol. The molecule has 0 amide bonds. The molecule has 0 spiro atoms. The molecule has 0 aromatic carbocycles. The van der Waals surface area contributed by atoms with Crippen molar-refractivity contribution < 1.29 is 19.7 Å². The molecule has 0 heterocycles. The van der Waals surface area contributed by atoms with Gasteiger partial charge >= 0.3 is 57.4 Å². The van der Waals surface area contributed by atoms with E-state index in [1.54, 1.807) is 0 Å². The van der Waals surface area contributed by atoms with Crippen LogP contribution in [0.25, 0.3) is 0 Å². The minimum absolute atomic E-state index is 0. The number of aliphatic hydroxyl groups excluding tert-OH is 2. The molecule has 1 unspecified atom stereocenters. The molecular formula is C21H43KO4. The Morgan fingerprint density at radius 1 is 0.769 bits per heavy atom. The van der Waals surface area contributed by atoms with E-state index in [4.69, 9.17) is 14.9 Å². The molecule has 0 aliphatic carbocycles. The summed E-state index contributed by atoms with van der Waals surface area (Å²) in [5, 5.41) is 17.7. The van der Waals surface area contributed by atoms with Crippen molar-refractivity contribution in [3.8, 4) is 0 Å². The number of hydrogen-bond acceptors (Lipinski definition) is 4. The fraction of sp³-hybridized carbons (Fsp3) is 0.952. The van der Waals surface area contributed by atoms with Crippen molar-refractivity contribution in [3.05, 3.63) is 0 Å². The summed E-state index contributed by atoms with van der Waals surface area (Å²) in [4.78, 5) is 11.4. The molecule has 0 rings (SSSR count). The van der Waals surface area contributed by atoms with E-state index in [0.717, 1.165) is 12.8 Å². The zero-order valence-corrected chi connectivity index (χ0v) is 16.5. The van der Waals surface area contributed by atoms with Gasteiger partial charge in [-0.3, -0.25) is 4.79 Å². The van der Waals surface area contributed by atoms with E-state index >= 15 is 0 Å². The van der Waals surface area contributed by atoms with Crippen LogP contribution in [0.5, 0.6) is 0 Å². The van der Waals surface area contributed by atoms with Crippen molar-refractivity contribution >= 4 is 57.4 Å². The molecule has 152 valence electrons. The van der Waals surface area contributed by atoms with Crippen molar-refractivity contribution in [3.63, 3.8) is 0 Å². The SMILES string of the molecule is CCCCCCCCCCCCCCCCCC(=O)OCC(O)CO.[KH]. The van der Waals surface area contributed by atoms with Crippen LogP contribution in [0.15, 0.2) is 0 Å². The monoisotopic (exact) mass is 398 g/mol. The van der Waals surface area contributed by atoms with Crippen LogP contribution in [0.3, 0.4) is 0 Å². The van der Waals surface area contributed by atoms with Crippen LogP contribution in [0.2, 0.25) is 0 Å². The van der Waals surface area contributed by atoms with Gasteiger partial charge in [0.2, 0.25) is 0 Å². The average Bonchev–Trinajstić information content (AvgIpc) is 2.62. The van der Waals surface area contributed by atoms with E-state index in [9.17, 15) is 4.79 Å². The normalized spacial score (nSPS) is 11.8. The van der Waals surface area contributed by atoms with Gasteiger partial charge in [-0.15, -0.1) is 0 Å². The van der Waals surface area contributed by atoms with E-state index < -0.39 is 6.10 Å². The molecule has 0 aliphatic rings. The number of hydrogen-bond donors (Lipinski definition) is 2. The molecule has 0 aromatic rings. The molecule has 4 nitrogen and oxygen atoms in total. The first-order chi connectivity index (χ1) is 12.2. The first-order valence-corrected chi connectivity index (χ1v) is 10.6. The molecule has 0 fully saturated rings. The number of ether oxygens (including phenoxy) is 1. The van der Waals surface area contributed by atoms with Crippen LogP contribution in [-0.2, 0) is 9.53 Å². The van der Waals surface area contributed by atoms with E-state index in [-0.39, 0.29) is 70.6 Å². The summed E-state index contributed by atoms with van der Waals surface area (Å²) in [5.74, 6) is -0.276. The average molecular weight is 399 g/mol. The summed E-state index contributed by atoms with van der Waals surface area (Å²) in [5.41, 5.74) is 0. The van der Waals surface area contributed by atoms with Crippen LogP contribution >= 0.6 is 0 Å². The number of unbranched alkanes of at least 4 members (excludes halogenated alkanes) is 14. The molecule has 0 aliphatic heterocycles. The first kappa shape index (κ1) is 29.2. The fourth-order valence-corrected chi connectivity index (χ4v) is 2.95. The predicted octanol–water partition coefficient (Wildman–Crippen LogP) is 4.50. The van der Waals surface area contributed by atoms with E-state index in [1.165, 1.54) is 83.5 Å². The van der Waals surface area contributed by atoms with Crippen LogP contribution in [-0.4, -0.2) is 86.9 Å². The standard InChI is InChI=1S/C21H42O4.K.H/c1-2-3-4-5-6-7-8-9-10-11-12-13-14-15-16-17-21(24)25-19-20(23)18-22;;/h20,22-23H,2-19H2,1H3;;. The van der Waals surface area contributed by atoms with Gasteiger partial charge in [0.1, 0.15) is 12.7 Å². The van der Waals surface area contributed by atoms with Crippen LogP contribution in [0.1, 0.15) is 110 Å². The van der Waals surface area contributed by atoms with E-state index in [2.05, 4.69) is 6.92 Å². The van der Waals surface area contributed by atoms with E-state index in [1.807, 2.05) is 0 Å². The number of esters is 1. The number of aliphatic hydroxyl groups is 2. The molecule has 5 heteroatoms. The van der Waals surface area contributed by atoms with Gasteiger partial charge < -0.3 is 14.9 Å². The Morgan fingerprint density at radius 3 is 1.54 bits per heavy atom. The third-order valence-electron chi connectivity index (χ3n) is 4.63. The van der Waals surface area contributed by atoms with Crippen LogP contribution in [0.4, 0.5) is 0 Å². The second kappa shape index (κ2) is 24.1. The summed E-state index contributed by atoms with van der Waals surface area (Å²) in [6.45, 7) is 1.79. The molecule has 0 aromatic heterocycles. The number of rotatable bonds is 19. The maximum absolute atomic E-state index is 11.4. The topological polar surface area (TPSA) is 66.8 Å². The molecule has 2 N–H and O–H groups in total. The van der Waals surface area contributed by atoms with Gasteiger partial charge in [0.15, 0.2) is 0 Å². The summed E-state index contributed by atoms with van der Waals surface area (Å²) in [6, 6.07) is 0. The Labute approximate surface area is 204 Å². The van der Waals surface area contributed by atoms with Gasteiger partial charge in [0, 0.05) is 6.42 Å². The fourth-order valence-electron chi connectivity index (χ4n) is 2.95. The second-order valence-electron chi connectivity index (χ2n) is 7.22. The third kappa shape index (κ3) is 23.1. The summed E-state index contributed by atoms with van der Waals surface area (Å²) < 4.78 is 4.86. The Bertz CT molecular complexity index is 287. The van der Waals surface area contributed by atoms with Gasteiger partial charge in [0.05, 0.1) is 6.61 Å². The summed E-state index contributed by atoms with van der Waals surface area (Å²) in [7, 11) is 0. The first-order valence-electron chi connectivity index (χ1n) is 10.6. The molecular weight excluding hydrogens is 355 g/mol. The van der Waals surface area contributed by atoms with Gasteiger partial charge in [-0.05, 0) is 6.42 Å². The van der Waals surface area contributed by atoms with Gasteiger partial charge in [0.25, 0.3) is 0 Å². The molecule has 1 atom stereocenters. The van der Waals surface area contributed by atoms with Gasteiger partial charge in [-0.1, -0.05) is 96.8 Å². The third-order valence-corrected chi connectivity index (χ3v) is 4.63. The van der Waals surface area contributed by atoms with Gasteiger partial charge in [-0.2, -0.15) is 0 Å². The Hall–Kier alpha value is 1.03. The zero-order chi connectivity index (χ0) is 18.6. The van der Waals surface area contributed by atoms with Crippen molar-refractivity contribution in [1.82, 2.24) is 0 Å². The summed E-state index contributed by atoms with van der Waals surface area (Å²) in [6.07, 6.45) is 19.0. The number of carbonyl (C=O) groups excluding carboxylic acids is 1. The molecule has 0 radical (unpaired) electrons. The quantitative estimate of drug-likeness (QED) is 0.191. The van der Waals surface area contributed by atoms with Crippen molar-refractivity contribution in [2.24, 2.45) is 0 Å². The zero-order valence-electron chi connectivity index (χ0n) is 16.5. The van der Waals surface area contributed by atoms with Crippen molar-refractivity contribution in [2.45, 2.75) is 116 Å². The van der Waals surface area contributed by atoms with Crippen molar-refractivity contribution in [1.29, 1.82) is 0 Å². The molecule has 0 saturated carbocycles. The summed E-state index contributed by atoms with van der Waals surface area (Å²) >= 11 is 0. The van der Waals surface area contributed by atoms with Crippen molar-refractivity contribution in [2.75, 3.05) is 13.2 Å².